The van der Waals surface area contributed by atoms with Crippen LogP contribution in [-0.2, 0) is 12.8 Å². The molecule has 0 amide bonds. The molecule has 4 rings (SSSR count). The van der Waals surface area contributed by atoms with Crippen LogP contribution in [0.2, 0.25) is 0 Å². The molecule has 2 heterocycles. The molecule has 1 aromatic carbocycles. The van der Waals surface area contributed by atoms with E-state index in [0.717, 1.165) is 53.1 Å². The highest BCUT2D eigenvalue weighted by molar-refractivity contribution is 5.53. The van der Waals surface area contributed by atoms with Crippen molar-refractivity contribution >= 4 is 0 Å². The second kappa shape index (κ2) is 5.86. The van der Waals surface area contributed by atoms with Crippen molar-refractivity contribution < 1.29 is 8.81 Å². The van der Waals surface area contributed by atoms with Crippen molar-refractivity contribution in [1.29, 1.82) is 0 Å². The first-order valence-corrected chi connectivity index (χ1v) is 8.28. The van der Waals surface area contributed by atoms with Crippen LogP contribution in [0.5, 0.6) is 0 Å². The average molecular weight is 322 g/mol. The van der Waals surface area contributed by atoms with Gasteiger partial charge in [0.25, 0.3) is 0 Å². The third-order valence-corrected chi connectivity index (χ3v) is 4.69. The molecule has 2 aromatic heterocycles. The van der Waals surface area contributed by atoms with Gasteiger partial charge in [-0.05, 0) is 61.1 Å². The lowest BCUT2D eigenvalue weighted by molar-refractivity contribution is 0.463. The number of fused-ring (bicyclic) bond motifs is 1. The summed E-state index contributed by atoms with van der Waals surface area (Å²) < 4.78 is 19.7. The van der Waals surface area contributed by atoms with Crippen LogP contribution < -0.4 is 0 Å². The second-order valence-electron chi connectivity index (χ2n) is 6.56. The quantitative estimate of drug-likeness (QED) is 0.682. The van der Waals surface area contributed by atoms with Crippen LogP contribution in [0.3, 0.4) is 0 Å². The van der Waals surface area contributed by atoms with Crippen molar-refractivity contribution in [3.05, 3.63) is 70.5 Å². The lowest BCUT2D eigenvalue weighted by Crippen LogP contribution is -2.12. The molecule has 24 heavy (non-hydrogen) atoms. The minimum absolute atomic E-state index is 0.166. The van der Waals surface area contributed by atoms with Gasteiger partial charge in [0.05, 0.1) is 5.69 Å². The largest absolute Gasteiger partial charge is 0.440 e. The first-order chi connectivity index (χ1) is 11.6. The number of hydrogen-bond donors (Lipinski definition) is 0. The fourth-order valence-electron chi connectivity index (χ4n) is 3.47. The summed E-state index contributed by atoms with van der Waals surface area (Å²) in [4.78, 5) is 9.07. The number of rotatable bonds is 2. The smallest absolute Gasteiger partial charge is 0.245 e. The monoisotopic (exact) mass is 322 g/mol. The summed E-state index contributed by atoms with van der Waals surface area (Å²) in [6.45, 7) is 3.93. The van der Waals surface area contributed by atoms with Gasteiger partial charge >= 0.3 is 0 Å². The van der Waals surface area contributed by atoms with E-state index in [1.165, 1.54) is 0 Å². The van der Waals surface area contributed by atoms with Crippen molar-refractivity contribution in [2.45, 2.75) is 39.0 Å². The van der Waals surface area contributed by atoms with Crippen molar-refractivity contribution in [2.24, 2.45) is 0 Å². The Morgan fingerprint density at radius 2 is 2.08 bits per heavy atom. The lowest BCUT2D eigenvalue weighted by Gasteiger charge is -2.21. The maximum atomic E-state index is 13.7. The number of benzene rings is 1. The zero-order valence-electron chi connectivity index (χ0n) is 13.8. The first kappa shape index (κ1) is 15.1. The predicted octanol–water partition coefficient (Wildman–Crippen LogP) is 4.77. The van der Waals surface area contributed by atoms with Crippen molar-refractivity contribution in [2.75, 3.05) is 0 Å². The van der Waals surface area contributed by atoms with E-state index in [1.807, 2.05) is 26.0 Å². The Bertz CT molecular complexity index is 880. The Kier molecular flexibility index (Phi) is 3.68. The third kappa shape index (κ3) is 2.73. The highest BCUT2D eigenvalue weighted by atomic mass is 19.1. The molecule has 0 radical (unpaired) electrons. The number of hydrogen-bond acceptors (Lipinski definition) is 3. The van der Waals surface area contributed by atoms with Crippen LogP contribution in [0.15, 0.2) is 40.9 Å². The Morgan fingerprint density at radius 3 is 2.88 bits per heavy atom. The fourth-order valence-corrected chi connectivity index (χ4v) is 3.47. The molecule has 0 N–H and O–H groups in total. The van der Waals surface area contributed by atoms with E-state index in [0.29, 0.717) is 5.89 Å². The molecule has 0 saturated carbocycles. The summed E-state index contributed by atoms with van der Waals surface area (Å²) in [7, 11) is 0. The highest BCUT2D eigenvalue weighted by Crippen LogP contribution is 2.35. The summed E-state index contributed by atoms with van der Waals surface area (Å²) in [6, 6.07) is 9.19. The molecule has 1 aliphatic rings. The van der Waals surface area contributed by atoms with Crippen LogP contribution in [0.25, 0.3) is 11.6 Å². The minimum atomic E-state index is -0.166. The molecule has 0 fully saturated rings. The summed E-state index contributed by atoms with van der Waals surface area (Å²) in [5.74, 6) is 1.66. The number of pyridine rings is 1. The number of nitrogens with zero attached hydrogens (tertiary/aromatic N) is 2. The molecule has 0 spiro atoms. The van der Waals surface area contributed by atoms with Gasteiger partial charge < -0.3 is 4.42 Å². The predicted molar refractivity (Wildman–Crippen MR) is 90.4 cm³/mol. The maximum Gasteiger partial charge on any atom is 0.245 e. The number of oxazole rings is 1. The highest BCUT2D eigenvalue weighted by Gasteiger charge is 2.26. The lowest BCUT2D eigenvalue weighted by atomic mass is 9.84. The van der Waals surface area contributed by atoms with Gasteiger partial charge in [0.1, 0.15) is 17.3 Å². The van der Waals surface area contributed by atoms with Crippen molar-refractivity contribution in [1.82, 2.24) is 9.97 Å². The number of aryl methyl sites for hydroxylation is 3. The molecule has 1 atom stereocenters. The Hall–Kier alpha value is -2.49. The van der Waals surface area contributed by atoms with Gasteiger partial charge in [0.15, 0.2) is 0 Å². The van der Waals surface area contributed by atoms with E-state index >= 15 is 0 Å². The number of aromatic nitrogens is 2. The third-order valence-electron chi connectivity index (χ3n) is 4.69. The standard InChI is InChI=1S/C20H19FN2O/c1-12-8-15(10-16(21)9-12)14-5-6-18-17(11-14)23-20(24-18)19-13(2)4-3-7-22-19/h3-4,7-10,14H,5-6,11H2,1-2H3. The molecule has 0 saturated heterocycles. The Morgan fingerprint density at radius 1 is 1.21 bits per heavy atom. The molecule has 3 aromatic rings. The van der Waals surface area contributed by atoms with Gasteiger partial charge in [-0.3, -0.25) is 4.98 Å². The normalized spacial score (nSPS) is 16.9. The molecule has 3 nitrogen and oxygen atoms in total. The van der Waals surface area contributed by atoms with Crippen molar-refractivity contribution in [3.8, 4) is 11.6 Å². The molecular formula is C20H19FN2O. The molecule has 0 aliphatic heterocycles. The van der Waals surface area contributed by atoms with Gasteiger partial charge in [-0.2, -0.15) is 0 Å². The minimum Gasteiger partial charge on any atom is -0.440 e. The topological polar surface area (TPSA) is 38.9 Å². The summed E-state index contributed by atoms with van der Waals surface area (Å²) in [6.07, 6.45) is 4.32. The van der Waals surface area contributed by atoms with Crippen molar-refractivity contribution in [3.63, 3.8) is 0 Å². The Labute approximate surface area is 140 Å². The molecule has 4 heteroatoms. The SMILES string of the molecule is Cc1cc(F)cc(C2CCc3oc(-c4ncccc4C)nc3C2)c1. The van der Waals surface area contributed by atoms with Crippen LogP contribution in [-0.4, -0.2) is 9.97 Å². The second-order valence-corrected chi connectivity index (χ2v) is 6.56. The van der Waals surface area contributed by atoms with Gasteiger partial charge in [0.2, 0.25) is 5.89 Å². The first-order valence-electron chi connectivity index (χ1n) is 8.28. The van der Waals surface area contributed by atoms with E-state index in [2.05, 4.69) is 16.0 Å². The van der Waals surface area contributed by atoms with E-state index in [1.54, 1.807) is 18.3 Å². The van der Waals surface area contributed by atoms with E-state index in [4.69, 9.17) is 4.42 Å². The van der Waals surface area contributed by atoms with E-state index in [9.17, 15) is 4.39 Å². The van der Waals surface area contributed by atoms with E-state index < -0.39 is 0 Å². The van der Waals surface area contributed by atoms with Gasteiger partial charge in [0, 0.05) is 19.0 Å². The fraction of sp³-hybridized carbons (Fsp3) is 0.300. The zero-order valence-corrected chi connectivity index (χ0v) is 13.8. The Balaban J connectivity index is 1.65. The summed E-state index contributed by atoms with van der Waals surface area (Å²) in [5, 5.41) is 0. The molecule has 122 valence electrons. The molecule has 1 unspecified atom stereocenters. The molecular weight excluding hydrogens is 303 g/mol. The van der Waals surface area contributed by atoms with E-state index in [-0.39, 0.29) is 11.7 Å². The van der Waals surface area contributed by atoms with Gasteiger partial charge in [-0.25, -0.2) is 9.37 Å². The van der Waals surface area contributed by atoms with Gasteiger partial charge in [-0.1, -0.05) is 12.1 Å². The maximum absolute atomic E-state index is 13.7. The average Bonchev–Trinajstić information content (AvgIpc) is 2.97. The van der Waals surface area contributed by atoms with Gasteiger partial charge in [-0.15, -0.1) is 0 Å². The van der Waals surface area contributed by atoms with Crippen LogP contribution >= 0.6 is 0 Å². The summed E-state index contributed by atoms with van der Waals surface area (Å²) >= 11 is 0. The number of halogens is 1. The van der Waals surface area contributed by atoms with Crippen LogP contribution in [0, 0.1) is 19.7 Å². The molecule has 0 bridgehead atoms. The zero-order chi connectivity index (χ0) is 16.7. The van der Waals surface area contributed by atoms with Crippen LogP contribution in [0.1, 0.15) is 40.5 Å². The summed E-state index contributed by atoms with van der Waals surface area (Å²) in [5.41, 5.74) is 4.84. The van der Waals surface area contributed by atoms with Crippen LogP contribution in [0.4, 0.5) is 4.39 Å². The molecule has 1 aliphatic carbocycles.